The van der Waals surface area contributed by atoms with Crippen molar-refractivity contribution in [1.29, 1.82) is 0 Å². The molecule has 2 rings (SSSR count). The Hall–Kier alpha value is -2.54. The van der Waals surface area contributed by atoms with Crippen molar-refractivity contribution in [3.05, 3.63) is 53.7 Å². The van der Waals surface area contributed by atoms with Crippen LogP contribution in [0.3, 0.4) is 0 Å². The van der Waals surface area contributed by atoms with Crippen molar-refractivity contribution in [2.75, 3.05) is 13.4 Å². The third-order valence-corrected chi connectivity index (χ3v) is 4.18. The lowest BCUT2D eigenvalue weighted by Gasteiger charge is -2.14. The zero-order valence-electron chi connectivity index (χ0n) is 14.3. The molecule has 0 radical (unpaired) electrons. The van der Waals surface area contributed by atoms with E-state index in [-0.39, 0.29) is 5.91 Å². The number of methoxy groups -OCH3 is 1. The van der Waals surface area contributed by atoms with Crippen molar-refractivity contribution in [1.82, 2.24) is 10.3 Å². The monoisotopic (exact) mass is 360 g/mol. The number of benzene rings is 1. The lowest BCUT2D eigenvalue weighted by atomic mass is 10.2. The van der Waals surface area contributed by atoms with Crippen LogP contribution in [0.25, 0.3) is 0 Å². The largest absolute Gasteiger partial charge is 0.497 e. The predicted molar refractivity (Wildman–Crippen MR) is 95.7 cm³/mol. The summed E-state index contributed by atoms with van der Waals surface area (Å²) in [5.41, 5.74) is 1.27. The van der Waals surface area contributed by atoms with Gasteiger partial charge in [-0.1, -0.05) is 12.1 Å². The molecule has 25 heavy (non-hydrogen) atoms. The van der Waals surface area contributed by atoms with Gasteiger partial charge in [-0.25, -0.2) is 9.78 Å². The van der Waals surface area contributed by atoms with E-state index in [1.54, 1.807) is 25.4 Å². The number of aromatic nitrogens is 1. The Kier molecular flexibility index (Phi) is 6.82. The number of rotatable bonds is 7. The third-order valence-electron chi connectivity index (χ3n) is 3.46. The number of amides is 1. The van der Waals surface area contributed by atoms with Gasteiger partial charge in [0.2, 0.25) is 0 Å². The van der Waals surface area contributed by atoms with Crippen LogP contribution in [0.5, 0.6) is 5.75 Å². The van der Waals surface area contributed by atoms with Crippen molar-refractivity contribution >= 4 is 23.6 Å². The number of esters is 1. The third kappa shape index (κ3) is 5.22. The van der Waals surface area contributed by atoms with Crippen LogP contribution < -0.4 is 10.1 Å². The first-order valence-electron chi connectivity index (χ1n) is 7.65. The number of carbonyl (C=O) groups excluding carboxylic acids is 2. The van der Waals surface area contributed by atoms with Crippen molar-refractivity contribution in [3.63, 3.8) is 0 Å². The van der Waals surface area contributed by atoms with Gasteiger partial charge in [-0.05, 0) is 43.0 Å². The van der Waals surface area contributed by atoms with Gasteiger partial charge in [-0.3, -0.25) is 4.79 Å². The summed E-state index contributed by atoms with van der Waals surface area (Å²) in [5.74, 6) is -0.179. The van der Waals surface area contributed by atoms with Crippen LogP contribution in [0, 0.1) is 0 Å². The average Bonchev–Trinajstić information content (AvgIpc) is 2.66. The minimum absolute atomic E-state index is 0.341. The molecule has 1 amide bonds. The van der Waals surface area contributed by atoms with E-state index in [9.17, 15) is 9.59 Å². The molecule has 7 heteroatoms. The number of ether oxygens (including phenoxy) is 2. The van der Waals surface area contributed by atoms with Crippen LogP contribution >= 0.6 is 11.8 Å². The fourth-order valence-corrected chi connectivity index (χ4v) is 2.60. The van der Waals surface area contributed by atoms with Crippen LogP contribution in [0.1, 0.15) is 22.8 Å². The Balaban J connectivity index is 1.89. The molecular formula is C18H20N2O4S. The van der Waals surface area contributed by atoms with Crippen molar-refractivity contribution < 1.29 is 19.1 Å². The smallest absolute Gasteiger partial charge is 0.341 e. The molecule has 1 aromatic carbocycles. The molecule has 0 fully saturated rings. The van der Waals surface area contributed by atoms with Gasteiger partial charge >= 0.3 is 5.97 Å². The predicted octanol–water partition coefficient (Wildman–Crippen LogP) is 2.67. The van der Waals surface area contributed by atoms with E-state index in [1.807, 2.05) is 30.5 Å². The summed E-state index contributed by atoms with van der Waals surface area (Å²) in [7, 11) is 1.59. The normalized spacial score (nSPS) is 11.5. The lowest BCUT2D eigenvalue weighted by Crippen LogP contribution is -2.35. The van der Waals surface area contributed by atoms with Crippen LogP contribution in [0.15, 0.2) is 47.6 Å². The summed E-state index contributed by atoms with van der Waals surface area (Å²) in [6.07, 6.45) is 2.53. The highest BCUT2D eigenvalue weighted by atomic mass is 32.2. The topological polar surface area (TPSA) is 77.5 Å². The number of thioether (sulfide) groups is 1. The zero-order chi connectivity index (χ0) is 18.2. The first kappa shape index (κ1) is 18.8. The number of carbonyl (C=O) groups is 2. The fraction of sp³-hybridized carbons (Fsp3) is 0.278. The van der Waals surface area contributed by atoms with Gasteiger partial charge in [0, 0.05) is 12.7 Å². The number of nitrogens with zero attached hydrogens (tertiary/aromatic N) is 1. The molecule has 0 spiro atoms. The fourth-order valence-electron chi connectivity index (χ4n) is 2.06. The Morgan fingerprint density at radius 1 is 1.24 bits per heavy atom. The highest BCUT2D eigenvalue weighted by molar-refractivity contribution is 7.98. The molecule has 0 bridgehead atoms. The molecule has 1 N–H and O–H groups in total. The summed E-state index contributed by atoms with van der Waals surface area (Å²) >= 11 is 1.35. The summed E-state index contributed by atoms with van der Waals surface area (Å²) in [6.45, 7) is 1.88. The van der Waals surface area contributed by atoms with Gasteiger partial charge in [-0.2, -0.15) is 0 Å². The van der Waals surface area contributed by atoms with E-state index in [4.69, 9.17) is 9.47 Å². The maximum absolute atomic E-state index is 12.2. The Morgan fingerprint density at radius 3 is 2.60 bits per heavy atom. The van der Waals surface area contributed by atoms with Gasteiger partial charge in [0.05, 0.1) is 12.7 Å². The maximum Gasteiger partial charge on any atom is 0.341 e. The quantitative estimate of drug-likeness (QED) is 0.604. The molecule has 6 nitrogen and oxygen atoms in total. The number of hydrogen-bond acceptors (Lipinski definition) is 6. The van der Waals surface area contributed by atoms with E-state index in [2.05, 4.69) is 10.3 Å². The Labute approximate surface area is 150 Å². The summed E-state index contributed by atoms with van der Waals surface area (Å²) < 4.78 is 10.3. The highest BCUT2D eigenvalue weighted by Gasteiger charge is 2.20. The highest BCUT2D eigenvalue weighted by Crippen LogP contribution is 2.18. The number of hydrogen-bond donors (Lipinski definition) is 1. The molecule has 1 aromatic heterocycles. The summed E-state index contributed by atoms with van der Waals surface area (Å²) in [6, 6.07) is 10.6. The molecule has 0 aliphatic rings. The molecule has 2 aromatic rings. The molecule has 0 saturated carbocycles. The van der Waals surface area contributed by atoms with Crippen molar-refractivity contribution in [2.24, 2.45) is 0 Å². The molecule has 1 atom stereocenters. The standard InChI is InChI=1S/C18H20N2O4S/c1-12(24-18(22)15-5-4-10-19-17(15)25-3)16(21)20-11-13-6-8-14(23-2)9-7-13/h4-10,12H,11H2,1-3H3,(H,20,21)/t12-/m1/s1. The minimum atomic E-state index is -0.902. The second-order valence-electron chi connectivity index (χ2n) is 5.17. The van der Waals surface area contributed by atoms with Gasteiger partial charge in [0.25, 0.3) is 5.91 Å². The molecule has 132 valence electrons. The Bertz CT molecular complexity index is 734. The van der Waals surface area contributed by atoms with Crippen LogP contribution in [-0.4, -0.2) is 36.3 Å². The van der Waals surface area contributed by atoms with E-state index in [0.717, 1.165) is 11.3 Å². The van der Waals surface area contributed by atoms with E-state index < -0.39 is 12.1 Å². The second kappa shape index (κ2) is 9.08. The first-order valence-corrected chi connectivity index (χ1v) is 8.88. The first-order chi connectivity index (χ1) is 12.0. The van der Waals surface area contributed by atoms with Crippen LogP contribution in [0.2, 0.25) is 0 Å². The van der Waals surface area contributed by atoms with Gasteiger partial charge < -0.3 is 14.8 Å². The van der Waals surface area contributed by atoms with Crippen molar-refractivity contribution in [3.8, 4) is 5.75 Å². The number of nitrogens with one attached hydrogen (secondary N) is 1. The Morgan fingerprint density at radius 2 is 1.96 bits per heavy atom. The van der Waals surface area contributed by atoms with Crippen LogP contribution in [-0.2, 0) is 16.1 Å². The molecule has 0 unspecified atom stereocenters. The van der Waals surface area contributed by atoms with E-state index in [1.165, 1.54) is 18.7 Å². The molecule has 1 heterocycles. The average molecular weight is 360 g/mol. The van der Waals surface area contributed by atoms with E-state index >= 15 is 0 Å². The molecule has 0 aliphatic heterocycles. The van der Waals surface area contributed by atoms with Crippen LogP contribution in [0.4, 0.5) is 0 Å². The summed E-state index contributed by atoms with van der Waals surface area (Å²) in [5, 5.41) is 3.31. The summed E-state index contributed by atoms with van der Waals surface area (Å²) in [4.78, 5) is 28.5. The molecule has 0 saturated heterocycles. The minimum Gasteiger partial charge on any atom is -0.497 e. The van der Waals surface area contributed by atoms with E-state index in [0.29, 0.717) is 17.1 Å². The second-order valence-corrected chi connectivity index (χ2v) is 5.97. The maximum atomic E-state index is 12.2. The SMILES string of the molecule is COc1ccc(CNC(=O)[C@@H](C)OC(=O)c2cccnc2SC)cc1. The van der Waals surface area contributed by atoms with Crippen molar-refractivity contribution in [2.45, 2.75) is 24.6 Å². The molecule has 0 aliphatic carbocycles. The molecular weight excluding hydrogens is 340 g/mol. The van der Waals surface area contributed by atoms with Gasteiger partial charge in [0.1, 0.15) is 10.8 Å². The van der Waals surface area contributed by atoms with Gasteiger partial charge in [-0.15, -0.1) is 11.8 Å². The number of pyridine rings is 1. The van der Waals surface area contributed by atoms with Gasteiger partial charge in [0.15, 0.2) is 6.10 Å². The zero-order valence-corrected chi connectivity index (χ0v) is 15.1. The lowest BCUT2D eigenvalue weighted by molar-refractivity contribution is -0.129.